The fourth-order valence-corrected chi connectivity index (χ4v) is 2.73. The van der Waals surface area contributed by atoms with Gasteiger partial charge in [0.15, 0.2) is 4.95 Å². The lowest BCUT2D eigenvalue weighted by Crippen LogP contribution is -2.56. The molecule has 1 aliphatic heterocycles. The second kappa shape index (κ2) is 7.26. The van der Waals surface area contributed by atoms with Crippen molar-refractivity contribution in [1.29, 1.82) is 0 Å². The van der Waals surface area contributed by atoms with Gasteiger partial charge in [-0.2, -0.15) is 10.0 Å². The lowest BCUT2D eigenvalue weighted by Gasteiger charge is -2.37. The number of carbonyl (C=O) groups is 3. The number of rotatable bonds is 2. The molecule has 118 valence electrons. The molecule has 0 fully saturated rings. The summed E-state index contributed by atoms with van der Waals surface area (Å²) in [6, 6.07) is 0. The Hall–Kier alpha value is -1.09. The summed E-state index contributed by atoms with van der Waals surface area (Å²) < 4.78 is 10.2. The molecule has 0 aromatic heterocycles. The fraction of sp³-hybridized carbons (Fsp3) is 0.583. The number of halogens is 2. The molecule has 1 aliphatic rings. The number of amides is 2. The summed E-state index contributed by atoms with van der Waals surface area (Å²) in [5.41, 5.74) is 0. The average Bonchev–Trinajstić information content (AvgIpc) is 2.33. The van der Waals surface area contributed by atoms with Crippen molar-refractivity contribution >= 4 is 49.8 Å². The number of carbonyl (C=O) groups excluding carboxylic acids is 3. The third-order valence-corrected chi connectivity index (χ3v) is 3.58. The van der Waals surface area contributed by atoms with E-state index in [2.05, 4.69) is 31.9 Å². The Kier molecular flexibility index (Phi) is 6.21. The molecule has 2 amide bonds. The summed E-state index contributed by atoms with van der Waals surface area (Å²) in [7, 11) is 0. The van der Waals surface area contributed by atoms with Gasteiger partial charge in [0.05, 0.1) is 22.9 Å². The molecule has 0 spiro atoms. The summed E-state index contributed by atoms with van der Waals surface area (Å²) in [5.74, 6) is -0.413. The van der Waals surface area contributed by atoms with Crippen LogP contribution in [0.4, 0.5) is 9.59 Å². The van der Waals surface area contributed by atoms with E-state index < -0.39 is 29.0 Å². The number of Topliss-reactive ketones (excluding diaryl/α,β-unsaturated/α-hetero) is 1. The maximum Gasteiger partial charge on any atom is 0.433 e. The minimum absolute atomic E-state index is 0.138. The van der Waals surface area contributed by atoms with Gasteiger partial charge in [-0.3, -0.25) is 4.79 Å². The third kappa shape index (κ3) is 4.44. The molecular formula is C12H16Br2N2O5. The van der Waals surface area contributed by atoms with E-state index in [0.717, 1.165) is 10.0 Å². The Bertz CT molecular complexity index is 478. The Balaban J connectivity index is 3.11. The SMILES string of the molecule is CC(C)OC(=O)N1C=C(Br)C(=O)[C@H](Br)N1C(=O)OC(C)C. The molecule has 0 unspecified atom stereocenters. The smallest absolute Gasteiger partial charge is 0.433 e. The van der Waals surface area contributed by atoms with Crippen molar-refractivity contribution in [2.75, 3.05) is 0 Å². The van der Waals surface area contributed by atoms with Crippen molar-refractivity contribution in [2.45, 2.75) is 44.9 Å². The molecule has 21 heavy (non-hydrogen) atoms. The van der Waals surface area contributed by atoms with Gasteiger partial charge in [-0.05, 0) is 43.6 Å². The molecule has 0 bridgehead atoms. The van der Waals surface area contributed by atoms with Crippen molar-refractivity contribution < 1.29 is 23.9 Å². The molecule has 9 heteroatoms. The highest BCUT2D eigenvalue weighted by atomic mass is 79.9. The first kappa shape index (κ1) is 18.0. The van der Waals surface area contributed by atoms with E-state index in [0.29, 0.717) is 0 Å². The highest BCUT2D eigenvalue weighted by molar-refractivity contribution is 9.12. The molecule has 0 saturated carbocycles. The predicted octanol–water partition coefficient (Wildman–Crippen LogP) is 3.14. The van der Waals surface area contributed by atoms with Gasteiger partial charge in [-0.1, -0.05) is 15.9 Å². The Morgan fingerprint density at radius 1 is 1.14 bits per heavy atom. The second-order valence-corrected chi connectivity index (χ2v) is 6.45. The fourth-order valence-electron chi connectivity index (χ4n) is 1.40. The number of hydrogen-bond acceptors (Lipinski definition) is 5. The maximum absolute atomic E-state index is 12.1. The van der Waals surface area contributed by atoms with Crippen LogP contribution in [-0.4, -0.2) is 45.1 Å². The van der Waals surface area contributed by atoms with E-state index in [4.69, 9.17) is 9.47 Å². The maximum atomic E-state index is 12.1. The molecule has 7 nitrogen and oxygen atoms in total. The van der Waals surface area contributed by atoms with Crippen LogP contribution in [-0.2, 0) is 14.3 Å². The molecule has 0 radical (unpaired) electrons. The Labute approximate surface area is 139 Å². The van der Waals surface area contributed by atoms with Crippen LogP contribution in [0.2, 0.25) is 0 Å². The molecule has 0 aliphatic carbocycles. The van der Waals surface area contributed by atoms with Gasteiger partial charge in [-0.25, -0.2) is 9.59 Å². The van der Waals surface area contributed by atoms with Crippen LogP contribution < -0.4 is 0 Å². The topological polar surface area (TPSA) is 76.2 Å². The molecule has 0 N–H and O–H groups in total. The number of hydrazine groups is 1. The van der Waals surface area contributed by atoms with Crippen molar-refractivity contribution in [2.24, 2.45) is 0 Å². The van der Waals surface area contributed by atoms with Crippen molar-refractivity contribution in [3.8, 4) is 0 Å². The Morgan fingerprint density at radius 3 is 2.10 bits per heavy atom. The van der Waals surface area contributed by atoms with Gasteiger partial charge in [0.25, 0.3) is 0 Å². The molecule has 0 saturated heterocycles. The van der Waals surface area contributed by atoms with Crippen LogP contribution in [0.1, 0.15) is 27.7 Å². The van der Waals surface area contributed by atoms with E-state index in [1.807, 2.05) is 0 Å². The van der Waals surface area contributed by atoms with E-state index in [1.165, 1.54) is 6.20 Å². The molecular weight excluding hydrogens is 412 g/mol. The number of hydrogen-bond donors (Lipinski definition) is 0. The monoisotopic (exact) mass is 426 g/mol. The van der Waals surface area contributed by atoms with Crippen LogP contribution in [0.3, 0.4) is 0 Å². The quantitative estimate of drug-likeness (QED) is 0.499. The molecule has 1 heterocycles. The van der Waals surface area contributed by atoms with Gasteiger partial charge in [0, 0.05) is 0 Å². The first-order valence-electron chi connectivity index (χ1n) is 6.20. The van der Waals surface area contributed by atoms with Crippen LogP contribution in [0.15, 0.2) is 10.7 Å². The molecule has 1 atom stereocenters. The predicted molar refractivity (Wildman–Crippen MR) is 81.6 cm³/mol. The zero-order chi connectivity index (χ0) is 16.3. The summed E-state index contributed by atoms with van der Waals surface area (Å²) in [6.07, 6.45) is -1.23. The van der Waals surface area contributed by atoms with E-state index in [1.54, 1.807) is 27.7 Å². The number of nitrogens with zero attached hydrogens (tertiary/aromatic N) is 2. The summed E-state index contributed by atoms with van der Waals surface area (Å²) in [6.45, 7) is 6.67. The largest absolute Gasteiger partial charge is 0.445 e. The van der Waals surface area contributed by atoms with E-state index in [-0.39, 0.29) is 10.6 Å². The minimum atomic E-state index is -1.07. The third-order valence-electron chi connectivity index (χ3n) is 2.18. The van der Waals surface area contributed by atoms with E-state index in [9.17, 15) is 14.4 Å². The van der Waals surface area contributed by atoms with Gasteiger partial charge in [0.2, 0.25) is 5.78 Å². The number of ether oxygens (including phenoxy) is 2. The standard InChI is InChI=1S/C12H16Br2N2O5/c1-6(2)20-11(18)15-5-8(13)9(17)10(14)16(15)12(19)21-7(3)4/h5-7,10H,1-4H3/t10-/m1/s1. The van der Waals surface area contributed by atoms with Gasteiger partial charge in [0.1, 0.15) is 0 Å². The van der Waals surface area contributed by atoms with Crippen LogP contribution in [0.25, 0.3) is 0 Å². The average molecular weight is 428 g/mol. The van der Waals surface area contributed by atoms with Crippen molar-refractivity contribution in [3.63, 3.8) is 0 Å². The zero-order valence-electron chi connectivity index (χ0n) is 12.0. The van der Waals surface area contributed by atoms with Gasteiger partial charge < -0.3 is 9.47 Å². The first-order valence-corrected chi connectivity index (χ1v) is 7.91. The molecule has 0 aromatic carbocycles. The minimum Gasteiger partial charge on any atom is -0.445 e. The van der Waals surface area contributed by atoms with Crippen LogP contribution >= 0.6 is 31.9 Å². The Morgan fingerprint density at radius 2 is 1.62 bits per heavy atom. The van der Waals surface area contributed by atoms with Crippen LogP contribution in [0, 0.1) is 0 Å². The molecule has 0 aromatic rings. The number of ketones is 1. The van der Waals surface area contributed by atoms with Crippen molar-refractivity contribution in [3.05, 3.63) is 10.7 Å². The highest BCUT2D eigenvalue weighted by Crippen LogP contribution is 2.27. The summed E-state index contributed by atoms with van der Waals surface area (Å²) in [5, 5.41) is 1.76. The normalized spacial score (nSPS) is 19.0. The second-order valence-electron chi connectivity index (χ2n) is 4.73. The van der Waals surface area contributed by atoms with Gasteiger partial charge in [-0.15, -0.1) is 0 Å². The van der Waals surface area contributed by atoms with Crippen molar-refractivity contribution in [1.82, 2.24) is 10.0 Å². The summed E-state index contributed by atoms with van der Waals surface area (Å²) >= 11 is 6.13. The molecule has 1 rings (SSSR count). The van der Waals surface area contributed by atoms with Gasteiger partial charge >= 0.3 is 12.2 Å². The van der Waals surface area contributed by atoms with Crippen LogP contribution in [0.5, 0.6) is 0 Å². The first-order chi connectivity index (χ1) is 9.65. The zero-order valence-corrected chi connectivity index (χ0v) is 15.2. The summed E-state index contributed by atoms with van der Waals surface area (Å²) in [4.78, 5) is 35.0. The number of alkyl halides is 1. The van der Waals surface area contributed by atoms with E-state index >= 15 is 0 Å². The lowest BCUT2D eigenvalue weighted by molar-refractivity contribution is -0.121. The lowest BCUT2D eigenvalue weighted by atomic mass is 10.3. The highest BCUT2D eigenvalue weighted by Gasteiger charge is 2.41.